The van der Waals surface area contributed by atoms with Crippen LogP contribution in [0.3, 0.4) is 0 Å². The monoisotopic (exact) mass is 257 g/mol. The van der Waals surface area contributed by atoms with E-state index in [0.29, 0.717) is 0 Å². The van der Waals surface area contributed by atoms with Gasteiger partial charge in [0.1, 0.15) is 0 Å². The molecule has 104 valence electrons. The van der Waals surface area contributed by atoms with E-state index in [4.69, 9.17) is 0 Å². The highest BCUT2D eigenvalue weighted by Gasteiger charge is 2.28. The van der Waals surface area contributed by atoms with Crippen LogP contribution in [0, 0.1) is 12.8 Å². The molecule has 0 amide bonds. The van der Waals surface area contributed by atoms with Gasteiger partial charge in [-0.3, -0.25) is 0 Å². The standard InChI is InChI=1S/C18H27N/c1-14-6-5-8-15(12-14)18-9-4-2-3-7-16(18)13-19-17-10-11-17/h5-6,8,12,16-19H,2-4,7,9-11,13H2,1H3. The van der Waals surface area contributed by atoms with Crippen LogP contribution in [-0.4, -0.2) is 12.6 Å². The van der Waals surface area contributed by atoms with Gasteiger partial charge in [-0.1, -0.05) is 49.1 Å². The number of nitrogens with one attached hydrogen (secondary N) is 1. The minimum Gasteiger partial charge on any atom is -0.314 e. The molecule has 0 heterocycles. The third kappa shape index (κ3) is 3.60. The van der Waals surface area contributed by atoms with Crippen molar-refractivity contribution in [3.8, 4) is 0 Å². The van der Waals surface area contributed by atoms with Crippen molar-refractivity contribution >= 4 is 0 Å². The molecule has 0 bridgehead atoms. The molecule has 19 heavy (non-hydrogen) atoms. The lowest BCUT2D eigenvalue weighted by atomic mass is 9.82. The van der Waals surface area contributed by atoms with E-state index >= 15 is 0 Å². The lowest BCUT2D eigenvalue weighted by Gasteiger charge is -2.26. The maximum Gasteiger partial charge on any atom is 0.00683 e. The van der Waals surface area contributed by atoms with Crippen LogP contribution in [0.1, 0.15) is 62.0 Å². The molecule has 2 aliphatic carbocycles. The first-order valence-electron chi connectivity index (χ1n) is 8.13. The Morgan fingerprint density at radius 1 is 1.05 bits per heavy atom. The molecular weight excluding hydrogens is 230 g/mol. The first-order valence-corrected chi connectivity index (χ1v) is 8.13. The molecule has 1 aromatic carbocycles. The fourth-order valence-corrected chi connectivity index (χ4v) is 3.57. The van der Waals surface area contributed by atoms with E-state index < -0.39 is 0 Å². The second-order valence-corrected chi connectivity index (χ2v) is 6.60. The molecule has 1 aromatic rings. The summed E-state index contributed by atoms with van der Waals surface area (Å²) in [6.45, 7) is 3.46. The van der Waals surface area contributed by atoms with E-state index in [9.17, 15) is 0 Å². The van der Waals surface area contributed by atoms with Gasteiger partial charge in [0.05, 0.1) is 0 Å². The van der Waals surface area contributed by atoms with E-state index in [-0.39, 0.29) is 0 Å². The van der Waals surface area contributed by atoms with Crippen LogP contribution in [0.25, 0.3) is 0 Å². The topological polar surface area (TPSA) is 12.0 Å². The fourth-order valence-electron chi connectivity index (χ4n) is 3.57. The zero-order chi connectivity index (χ0) is 13.1. The molecule has 0 radical (unpaired) electrons. The SMILES string of the molecule is Cc1cccc(C2CCCCCC2CNC2CC2)c1. The summed E-state index contributed by atoms with van der Waals surface area (Å²) >= 11 is 0. The molecule has 2 saturated carbocycles. The summed E-state index contributed by atoms with van der Waals surface area (Å²) in [6.07, 6.45) is 9.89. The Morgan fingerprint density at radius 3 is 2.68 bits per heavy atom. The molecule has 2 unspecified atom stereocenters. The van der Waals surface area contributed by atoms with Gasteiger partial charge in [0, 0.05) is 6.04 Å². The molecule has 1 heteroatoms. The van der Waals surface area contributed by atoms with Gasteiger partial charge in [0.2, 0.25) is 0 Å². The molecule has 0 aliphatic heterocycles. The van der Waals surface area contributed by atoms with E-state index in [0.717, 1.165) is 17.9 Å². The predicted octanol–water partition coefficient (Wildman–Crippen LogP) is 4.41. The molecule has 3 rings (SSSR count). The van der Waals surface area contributed by atoms with Gasteiger partial charge in [-0.25, -0.2) is 0 Å². The van der Waals surface area contributed by atoms with Gasteiger partial charge in [0.15, 0.2) is 0 Å². The minimum absolute atomic E-state index is 0.786. The summed E-state index contributed by atoms with van der Waals surface area (Å²) in [7, 11) is 0. The van der Waals surface area contributed by atoms with Crippen LogP contribution >= 0.6 is 0 Å². The van der Waals surface area contributed by atoms with Crippen molar-refractivity contribution < 1.29 is 0 Å². The molecule has 1 nitrogen and oxygen atoms in total. The molecule has 0 saturated heterocycles. The van der Waals surface area contributed by atoms with Crippen molar-refractivity contribution in [2.45, 2.75) is 63.8 Å². The van der Waals surface area contributed by atoms with Crippen LogP contribution in [0.15, 0.2) is 24.3 Å². The quantitative estimate of drug-likeness (QED) is 0.788. The van der Waals surface area contributed by atoms with Crippen LogP contribution in [0.5, 0.6) is 0 Å². The molecular formula is C18H27N. The Hall–Kier alpha value is -0.820. The van der Waals surface area contributed by atoms with Gasteiger partial charge in [-0.05, 0) is 56.6 Å². The second-order valence-electron chi connectivity index (χ2n) is 6.60. The maximum atomic E-state index is 3.77. The van der Waals surface area contributed by atoms with Crippen LogP contribution in [0.4, 0.5) is 0 Å². The summed E-state index contributed by atoms with van der Waals surface area (Å²) in [5.74, 6) is 1.64. The zero-order valence-corrected chi connectivity index (χ0v) is 12.2. The summed E-state index contributed by atoms with van der Waals surface area (Å²) in [4.78, 5) is 0. The normalized spacial score (nSPS) is 28.1. The molecule has 2 aliphatic rings. The van der Waals surface area contributed by atoms with Crippen molar-refractivity contribution in [1.29, 1.82) is 0 Å². The van der Waals surface area contributed by atoms with E-state index in [1.54, 1.807) is 5.56 Å². The first-order chi connectivity index (χ1) is 9.33. The number of benzene rings is 1. The minimum atomic E-state index is 0.786. The zero-order valence-electron chi connectivity index (χ0n) is 12.2. The molecule has 0 aromatic heterocycles. The van der Waals surface area contributed by atoms with Crippen molar-refractivity contribution in [2.75, 3.05) is 6.54 Å². The number of hydrogen-bond donors (Lipinski definition) is 1. The third-order valence-electron chi connectivity index (χ3n) is 4.88. The summed E-state index contributed by atoms with van der Waals surface area (Å²) in [5.41, 5.74) is 3.00. The smallest absolute Gasteiger partial charge is 0.00683 e. The van der Waals surface area contributed by atoms with Crippen LogP contribution < -0.4 is 5.32 Å². The Bertz CT molecular complexity index is 408. The van der Waals surface area contributed by atoms with Crippen molar-refractivity contribution in [1.82, 2.24) is 5.32 Å². The lowest BCUT2D eigenvalue weighted by molar-refractivity contribution is 0.374. The van der Waals surface area contributed by atoms with Crippen LogP contribution in [-0.2, 0) is 0 Å². The second kappa shape index (κ2) is 6.09. The number of hydrogen-bond acceptors (Lipinski definition) is 1. The van der Waals surface area contributed by atoms with E-state index in [1.807, 2.05) is 0 Å². The van der Waals surface area contributed by atoms with Crippen molar-refractivity contribution in [3.63, 3.8) is 0 Å². The van der Waals surface area contributed by atoms with Gasteiger partial charge >= 0.3 is 0 Å². The highest BCUT2D eigenvalue weighted by Crippen LogP contribution is 2.37. The Kier molecular flexibility index (Phi) is 4.22. The summed E-state index contributed by atoms with van der Waals surface area (Å²) in [5, 5.41) is 3.77. The molecule has 2 atom stereocenters. The van der Waals surface area contributed by atoms with E-state index in [1.165, 1.54) is 57.1 Å². The van der Waals surface area contributed by atoms with Gasteiger partial charge in [-0.2, -0.15) is 0 Å². The highest BCUT2D eigenvalue weighted by atomic mass is 14.9. The predicted molar refractivity (Wildman–Crippen MR) is 81.5 cm³/mol. The number of aryl methyl sites for hydroxylation is 1. The molecule has 1 N–H and O–H groups in total. The van der Waals surface area contributed by atoms with Crippen molar-refractivity contribution in [2.24, 2.45) is 5.92 Å². The Balaban J connectivity index is 1.72. The lowest BCUT2D eigenvalue weighted by Crippen LogP contribution is -2.28. The largest absolute Gasteiger partial charge is 0.314 e. The summed E-state index contributed by atoms with van der Waals surface area (Å²) < 4.78 is 0. The van der Waals surface area contributed by atoms with Crippen molar-refractivity contribution in [3.05, 3.63) is 35.4 Å². The Labute approximate surface area is 117 Å². The first kappa shape index (κ1) is 13.2. The van der Waals surface area contributed by atoms with Gasteiger partial charge < -0.3 is 5.32 Å². The maximum absolute atomic E-state index is 3.77. The highest BCUT2D eigenvalue weighted by molar-refractivity contribution is 5.26. The van der Waals surface area contributed by atoms with Gasteiger partial charge in [-0.15, -0.1) is 0 Å². The average Bonchev–Trinajstić information content (AvgIpc) is 3.23. The summed E-state index contributed by atoms with van der Waals surface area (Å²) in [6, 6.07) is 10.1. The fraction of sp³-hybridized carbons (Fsp3) is 0.667. The molecule has 0 spiro atoms. The van der Waals surface area contributed by atoms with Gasteiger partial charge in [0.25, 0.3) is 0 Å². The van der Waals surface area contributed by atoms with Crippen LogP contribution in [0.2, 0.25) is 0 Å². The Morgan fingerprint density at radius 2 is 1.89 bits per heavy atom. The molecule has 2 fully saturated rings. The number of rotatable bonds is 4. The van der Waals surface area contributed by atoms with E-state index in [2.05, 4.69) is 36.5 Å². The average molecular weight is 257 g/mol. The third-order valence-corrected chi connectivity index (χ3v) is 4.88.